The van der Waals surface area contributed by atoms with Crippen molar-refractivity contribution >= 4 is 16.9 Å². The summed E-state index contributed by atoms with van der Waals surface area (Å²) < 4.78 is 20.4. The molecule has 236 valence electrons. The SMILES string of the molecule is CCCCCCCCCC(=O)O.Cc1nc2n(c(=O)c1CCN1CCC(c3noc4cc(F)ccc34)CC1)CCC[C@H]2O. The third-order valence-electron chi connectivity index (χ3n) is 8.76. The number of likely N-dealkylation sites (tertiary alicyclic amines) is 1. The monoisotopic (exact) mass is 598 g/mol. The summed E-state index contributed by atoms with van der Waals surface area (Å²) >= 11 is 0. The lowest BCUT2D eigenvalue weighted by atomic mass is 9.91. The molecule has 3 aromatic rings. The summed E-state index contributed by atoms with van der Waals surface area (Å²) in [5.41, 5.74) is 2.90. The number of carbonyl (C=O) groups is 1. The molecule has 10 heteroatoms. The van der Waals surface area contributed by atoms with E-state index in [4.69, 9.17) is 9.63 Å². The van der Waals surface area contributed by atoms with E-state index in [2.05, 4.69) is 22.0 Å². The Morgan fingerprint density at radius 1 is 1.07 bits per heavy atom. The fraction of sp³-hybridized carbons (Fsp3) is 0.636. The van der Waals surface area contributed by atoms with Gasteiger partial charge in [0.25, 0.3) is 5.56 Å². The molecule has 0 bridgehead atoms. The quantitative estimate of drug-likeness (QED) is 0.233. The average molecular weight is 599 g/mol. The van der Waals surface area contributed by atoms with E-state index in [9.17, 15) is 19.1 Å². The van der Waals surface area contributed by atoms with Crippen LogP contribution in [0.1, 0.15) is 119 Å². The van der Waals surface area contributed by atoms with Crippen LogP contribution in [0.2, 0.25) is 0 Å². The second kappa shape index (κ2) is 16.1. The second-order valence-electron chi connectivity index (χ2n) is 12.0. The van der Waals surface area contributed by atoms with Crippen LogP contribution in [0.15, 0.2) is 27.5 Å². The second-order valence-corrected chi connectivity index (χ2v) is 12.0. The third kappa shape index (κ3) is 8.95. The summed E-state index contributed by atoms with van der Waals surface area (Å²) in [6, 6.07) is 4.58. The van der Waals surface area contributed by atoms with Gasteiger partial charge in [-0.05, 0) is 70.7 Å². The topological polar surface area (TPSA) is 122 Å². The minimum Gasteiger partial charge on any atom is -0.481 e. The number of unbranched alkanes of at least 4 members (excludes halogenated alkanes) is 6. The molecule has 0 amide bonds. The fourth-order valence-electron chi connectivity index (χ4n) is 6.21. The number of aliphatic hydroxyl groups is 1. The lowest BCUT2D eigenvalue weighted by molar-refractivity contribution is -0.137. The average Bonchev–Trinajstić information content (AvgIpc) is 3.41. The molecule has 0 radical (unpaired) electrons. The van der Waals surface area contributed by atoms with Crippen LogP contribution in [0.3, 0.4) is 0 Å². The molecule has 0 saturated carbocycles. The molecule has 2 aliphatic heterocycles. The van der Waals surface area contributed by atoms with E-state index in [1.165, 1.54) is 44.2 Å². The first-order valence-electron chi connectivity index (χ1n) is 16.1. The van der Waals surface area contributed by atoms with Crippen molar-refractivity contribution in [3.05, 3.63) is 57.1 Å². The van der Waals surface area contributed by atoms with Crippen molar-refractivity contribution in [1.82, 2.24) is 19.6 Å². The number of hydrogen-bond acceptors (Lipinski definition) is 7. The minimum atomic E-state index is -0.663. The van der Waals surface area contributed by atoms with Gasteiger partial charge in [-0.15, -0.1) is 0 Å². The standard InChI is InChI=1S/C23H27FN4O3.C10H20O2/c1-14-17(23(30)28-9-2-3-19(29)22(28)25-14)8-12-27-10-6-15(7-11-27)21-18-5-4-16(24)13-20(18)31-26-21;1-2-3-4-5-6-7-8-9-10(11)12/h4-5,13,15,19,29H,2-3,6-12H2,1H3;2-9H2,1H3,(H,11,12)/t19-;/m1./s1. The van der Waals surface area contributed by atoms with Crippen LogP contribution >= 0.6 is 0 Å². The van der Waals surface area contributed by atoms with E-state index in [0.29, 0.717) is 43.1 Å². The van der Waals surface area contributed by atoms with Gasteiger partial charge in [0.15, 0.2) is 5.58 Å². The predicted molar refractivity (Wildman–Crippen MR) is 164 cm³/mol. The van der Waals surface area contributed by atoms with Gasteiger partial charge in [0, 0.05) is 48.1 Å². The molecular formula is C33H47FN4O5. The maximum absolute atomic E-state index is 13.4. The zero-order chi connectivity index (χ0) is 30.8. The molecular weight excluding hydrogens is 551 g/mol. The summed E-state index contributed by atoms with van der Waals surface area (Å²) in [4.78, 5) is 30.0. The number of benzene rings is 1. The Bertz CT molecular complexity index is 1400. The number of aliphatic carboxylic acids is 1. The number of aryl methyl sites for hydroxylation is 1. The van der Waals surface area contributed by atoms with E-state index in [0.717, 1.165) is 74.1 Å². The Hall–Kier alpha value is -3.11. The Balaban J connectivity index is 0.000000301. The predicted octanol–water partition coefficient (Wildman–Crippen LogP) is 6.29. The lowest BCUT2D eigenvalue weighted by Gasteiger charge is -2.31. The van der Waals surface area contributed by atoms with Crippen LogP contribution < -0.4 is 5.56 Å². The lowest BCUT2D eigenvalue weighted by Crippen LogP contribution is -2.37. The van der Waals surface area contributed by atoms with E-state index in [1.807, 2.05) is 6.92 Å². The fourth-order valence-corrected chi connectivity index (χ4v) is 6.21. The van der Waals surface area contributed by atoms with Crippen molar-refractivity contribution in [2.75, 3.05) is 19.6 Å². The highest BCUT2D eigenvalue weighted by Crippen LogP contribution is 2.33. The Labute approximate surface area is 253 Å². The molecule has 1 saturated heterocycles. The van der Waals surface area contributed by atoms with Gasteiger partial charge in [-0.25, -0.2) is 9.37 Å². The largest absolute Gasteiger partial charge is 0.481 e. The number of fused-ring (bicyclic) bond motifs is 2. The van der Waals surface area contributed by atoms with E-state index < -0.39 is 12.1 Å². The number of aliphatic hydroxyl groups excluding tert-OH is 1. The minimum absolute atomic E-state index is 0.00237. The van der Waals surface area contributed by atoms with Crippen molar-refractivity contribution in [2.24, 2.45) is 0 Å². The molecule has 1 fully saturated rings. The number of carboxylic acid groups (broad SMARTS) is 1. The van der Waals surface area contributed by atoms with Crippen LogP contribution in [-0.2, 0) is 17.8 Å². The Kier molecular flexibility index (Phi) is 12.3. The molecule has 0 aliphatic carbocycles. The molecule has 2 aromatic heterocycles. The highest BCUT2D eigenvalue weighted by Gasteiger charge is 2.27. The van der Waals surface area contributed by atoms with Crippen LogP contribution in [0.25, 0.3) is 11.0 Å². The van der Waals surface area contributed by atoms with Gasteiger partial charge in [0.05, 0.1) is 5.69 Å². The van der Waals surface area contributed by atoms with Gasteiger partial charge in [-0.1, -0.05) is 50.6 Å². The summed E-state index contributed by atoms with van der Waals surface area (Å²) in [5, 5.41) is 23.6. The first kappa shape index (κ1) is 32.8. The Morgan fingerprint density at radius 2 is 1.79 bits per heavy atom. The summed E-state index contributed by atoms with van der Waals surface area (Å²) in [6.45, 7) is 7.33. The molecule has 43 heavy (non-hydrogen) atoms. The molecule has 0 unspecified atom stereocenters. The van der Waals surface area contributed by atoms with Crippen LogP contribution in [0.4, 0.5) is 4.39 Å². The summed E-state index contributed by atoms with van der Waals surface area (Å²) in [5.74, 6) is -0.175. The first-order valence-corrected chi connectivity index (χ1v) is 16.1. The van der Waals surface area contributed by atoms with Gasteiger partial charge < -0.3 is 19.6 Å². The highest BCUT2D eigenvalue weighted by molar-refractivity contribution is 5.79. The van der Waals surface area contributed by atoms with Crippen molar-refractivity contribution in [1.29, 1.82) is 0 Å². The zero-order valence-corrected chi connectivity index (χ0v) is 25.7. The molecule has 2 N–H and O–H groups in total. The number of aromatic nitrogens is 3. The van der Waals surface area contributed by atoms with Gasteiger partial charge in [0.2, 0.25) is 0 Å². The van der Waals surface area contributed by atoms with Crippen molar-refractivity contribution < 1.29 is 23.9 Å². The number of piperidine rings is 1. The first-order chi connectivity index (χ1) is 20.8. The summed E-state index contributed by atoms with van der Waals surface area (Å²) in [6.07, 6.45) is 12.0. The number of halogens is 1. The maximum atomic E-state index is 13.4. The Morgan fingerprint density at radius 3 is 2.51 bits per heavy atom. The van der Waals surface area contributed by atoms with Gasteiger partial charge in [-0.3, -0.25) is 14.2 Å². The molecule has 4 heterocycles. The maximum Gasteiger partial charge on any atom is 0.303 e. The van der Waals surface area contributed by atoms with Gasteiger partial charge in [0.1, 0.15) is 17.7 Å². The number of nitrogens with zero attached hydrogens (tertiary/aromatic N) is 4. The molecule has 1 atom stereocenters. The van der Waals surface area contributed by atoms with Crippen LogP contribution in [-0.4, -0.2) is 55.4 Å². The van der Waals surface area contributed by atoms with Gasteiger partial charge in [-0.2, -0.15) is 0 Å². The van der Waals surface area contributed by atoms with Crippen LogP contribution in [0, 0.1) is 12.7 Å². The number of rotatable bonds is 12. The zero-order valence-electron chi connectivity index (χ0n) is 25.7. The smallest absolute Gasteiger partial charge is 0.303 e. The molecule has 2 aliphatic rings. The van der Waals surface area contributed by atoms with Crippen molar-refractivity contribution in [2.45, 2.75) is 116 Å². The van der Waals surface area contributed by atoms with Crippen LogP contribution in [0.5, 0.6) is 0 Å². The molecule has 5 rings (SSSR count). The third-order valence-corrected chi connectivity index (χ3v) is 8.76. The van der Waals surface area contributed by atoms with E-state index in [-0.39, 0.29) is 11.4 Å². The number of hydrogen-bond donors (Lipinski definition) is 2. The molecule has 0 spiro atoms. The van der Waals surface area contributed by atoms with E-state index >= 15 is 0 Å². The normalized spacial score (nSPS) is 17.4. The molecule has 9 nitrogen and oxygen atoms in total. The van der Waals surface area contributed by atoms with Gasteiger partial charge >= 0.3 is 5.97 Å². The van der Waals surface area contributed by atoms with Crippen molar-refractivity contribution in [3.63, 3.8) is 0 Å². The van der Waals surface area contributed by atoms with Crippen molar-refractivity contribution in [3.8, 4) is 0 Å². The molecule has 1 aromatic carbocycles. The highest BCUT2D eigenvalue weighted by atomic mass is 19.1. The van der Waals surface area contributed by atoms with E-state index in [1.54, 1.807) is 10.6 Å². The number of carboxylic acids is 1. The summed E-state index contributed by atoms with van der Waals surface area (Å²) in [7, 11) is 0.